The minimum absolute atomic E-state index is 0.0468. The molecular formula is C25H24N4OS. The zero-order valence-electron chi connectivity index (χ0n) is 17.5. The summed E-state index contributed by atoms with van der Waals surface area (Å²) in [7, 11) is 0. The highest BCUT2D eigenvalue weighted by atomic mass is 32.1. The Labute approximate surface area is 187 Å². The number of thiocarbonyl (C=S) groups is 1. The molecule has 1 aromatic carbocycles. The van der Waals surface area contributed by atoms with Crippen molar-refractivity contribution in [1.82, 2.24) is 14.9 Å². The normalized spacial score (nSPS) is 18.4. The zero-order valence-corrected chi connectivity index (χ0v) is 18.3. The molecule has 1 saturated heterocycles. The van der Waals surface area contributed by atoms with Crippen LogP contribution in [-0.4, -0.2) is 14.7 Å². The monoisotopic (exact) mass is 428 g/mol. The fraction of sp³-hybridized carbons (Fsp3) is 0.200. The van der Waals surface area contributed by atoms with Crippen LogP contribution in [0.15, 0.2) is 83.7 Å². The van der Waals surface area contributed by atoms with E-state index in [4.69, 9.17) is 16.6 Å². The summed E-state index contributed by atoms with van der Waals surface area (Å²) in [4.78, 5) is 6.86. The number of benzene rings is 1. The van der Waals surface area contributed by atoms with Gasteiger partial charge in [0.15, 0.2) is 5.11 Å². The molecule has 0 saturated carbocycles. The van der Waals surface area contributed by atoms with Crippen LogP contribution in [0.1, 0.15) is 40.4 Å². The Kier molecular flexibility index (Phi) is 5.08. The Morgan fingerprint density at radius 1 is 1.03 bits per heavy atom. The second kappa shape index (κ2) is 8.04. The summed E-state index contributed by atoms with van der Waals surface area (Å²) in [5, 5.41) is 4.24. The van der Waals surface area contributed by atoms with Gasteiger partial charge in [-0.25, -0.2) is 0 Å². The second-order valence-electron chi connectivity index (χ2n) is 7.91. The van der Waals surface area contributed by atoms with Crippen molar-refractivity contribution >= 4 is 23.0 Å². The lowest BCUT2D eigenvalue weighted by molar-refractivity contribution is 0.475. The Morgan fingerprint density at radius 3 is 2.68 bits per heavy atom. The fourth-order valence-electron chi connectivity index (χ4n) is 4.22. The van der Waals surface area contributed by atoms with Gasteiger partial charge in [0, 0.05) is 23.8 Å². The molecule has 1 fully saturated rings. The van der Waals surface area contributed by atoms with Crippen molar-refractivity contribution in [2.75, 3.05) is 4.90 Å². The third kappa shape index (κ3) is 3.64. The van der Waals surface area contributed by atoms with Gasteiger partial charge in [0.1, 0.15) is 11.8 Å². The summed E-state index contributed by atoms with van der Waals surface area (Å²) >= 11 is 5.85. The van der Waals surface area contributed by atoms with E-state index in [1.165, 1.54) is 11.1 Å². The Balaban J connectivity index is 1.62. The SMILES string of the molecule is Cc1ccc(N2C(=S)N[C@H](c3ccccn3)[C@H]2c2cccn2Cc2ccco2)cc1C. The summed E-state index contributed by atoms with van der Waals surface area (Å²) in [6, 6.07) is 20.5. The molecule has 6 heteroatoms. The van der Waals surface area contributed by atoms with E-state index >= 15 is 0 Å². The predicted molar refractivity (Wildman–Crippen MR) is 126 cm³/mol. The smallest absolute Gasteiger partial charge is 0.174 e. The molecule has 0 radical (unpaired) electrons. The quantitative estimate of drug-likeness (QED) is 0.436. The average Bonchev–Trinajstić information content (AvgIpc) is 3.52. The first-order valence-corrected chi connectivity index (χ1v) is 10.8. The summed E-state index contributed by atoms with van der Waals surface area (Å²) in [5.74, 6) is 0.915. The first kappa shape index (κ1) is 19.6. The third-order valence-electron chi connectivity index (χ3n) is 5.94. The third-order valence-corrected chi connectivity index (χ3v) is 6.26. The standard InChI is InChI=1S/C25H24N4OS/c1-17-10-11-19(15-18(17)2)29-24(23(27-25(29)31)21-8-3-4-12-26-21)22-9-5-13-28(22)16-20-7-6-14-30-20/h3-15,23-24H,16H2,1-2H3,(H,27,31)/t23-,24-/m1/s1. The number of aromatic nitrogens is 2. The minimum Gasteiger partial charge on any atom is -0.467 e. The lowest BCUT2D eigenvalue weighted by Gasteiger charge is -2.29. The average molecular weight is 429 g/mol. The fourth-order valence-corrected chi connectivity index (χ4v) is 4.57. The highest BCUT2D eigenvalue weighted by Crippen LogP contribution is 2.42. The molecule has 156 valence electrons. The Bertz CT molecular complexity index is 1200. The van der Waals surface area contributed by atoms with Gasteiger partial charge in [0.2, 0.25) is 0 Å². The van der Waals surface area contributed by atoms with Gasteiger partial charge >= 0.3 is 0 Å². The van der Waals surface area contributed by atoms with E-state index in [1.54, 1.807) is 6.26 Å². The van der Waals surface area contributed by atoms with Gasteiger partial charge in [-0.1, -0.05) is 12.1 Å². The molecule has 3 aromatic heterocycles. The van der Waals surface area contributed by atoms with Crippen LogP contribution in [0.25, 0.3) is 0 Å². The van der Waals surface area contributed by atoms with Crippen LogP contribution in [-0.2, 0) is 6.54 Å². The Hall–Kier alpha value is -3.38. The largest absolute Gasteiger partial charge is 0.467 e. The number of rotatable bonds is 5. The second-order valence-corrected chi connectivity index (χ2v) is 8.29. The van der Waals surface area contributed by atoms with E-state index in [2.05, 4.69) is 76.2 Å². The molecule has 4 heterocycles. The molecule has 31 heavy (non-hydrogen) atoms. The molecule has 1 N–H and O–H groups in total. The van der Waals surface area contributed by atoms with Crippen molar-refractivity contribution in [2.24, 2.45) is 0 Å². The number of aryl methyl sites for hydroxylation is 2. The highest BCUT2D eigenvalue weighted by molar-refractivity contribution is 7.80. The maximum absolute atomic E-state index is 5.85. The molecule has 4 aromatic rings. The van der Waals surface area contributed by atoms with Crippen LogP contribution in [0.4, 0.5) is 5.69 Å². The van der Waals surface area contributed by atoms with Gasteiger partial charge in [0.05, 0.1) is 24.5 Å². The number of nitrogens with zero attached hydrogens (tertiary/aromatic N) is 3. The van der Waals surface area contributed by atoms with Crippen molar-refractivity contribution in [2.45, 2.75) is 32.5 Å². The summed E-state index contributed by atoms with van der Waals surface area (Å²) in [6.45, 7) is 4.92. The van der Waals surface area contributed by atoms with Crippen molar-refractivity contribution < 1.29 is 4.42 Å². The summed E-state index contributed by atoms with van der Waals surface area (Å²) < 4.78 is 7.83. The molecule has 0 amide bonds. The number of anilines is 1. The van der Waals surface area contributed by atoms with Gasteiger partial charge in [0.25, 0.3) is 0 Å². The number of nitrogens with one attached hydrogen (secondary N) is 1. The van der Waals surface area contributed by atoms with Crippen LogP contribution in [0.3, 0.4) is 0 Å². The molecule has 5 rings (SSSR count). The summed E-state index contributed by atoms with van der Waals surface area (Å²) in [5.41, 5.74) is 5.70. The molecule has 0 aliphatic carbocycles. The van der Waals surface area contributed by atoms with E-state index in [0.717, 1.165) is 22.8 Å². The van der Waals surface area contributed by atoms with Gasteiger partial charge < -0.3 is 19.2 Å². The van der Waals surface area contributed by atoms with Crippen LogP contribution in [0.5, 0.6) is 0 Å². The number of furan rings is 1. The molecule has 0 spiro atoms. The summed E-state index contributed by atoms with van der Waals surface area (Å²) in [6.07, 6.45) is 5.63. The van der Waals surface area contributed by atoms with Gasteiger partial charge in [-0.15, -0.1) is 0 Å². The minimum atomic E-state index is -0.0689. The molecule has 0 unspecified atom stereocenters. The van der Waals surface area contributed by atoms with Gasteiger partial charge in [-0.3, -0.25) is 4.98 Å². The van der Waals surface area contributed by atoms with E-state index in [1.807, 2.05) is 30.5 Å². The van der Waals surface area contributed by atoms with Crippen LogP contribution in [0, 0.1) is 13.8 Å². The first-order valence-electron chi connectivity index (χ1n) is 10.4. The maximum Gasteiger partial charge on any atom is 0.174 e. The molecule has 1 aliphatic heterocycles. The van der Waals surface area contributed by atoms with Crippen molar-refractivity contribution in [3.8, 4) is 0 Å². The maximum atomic E-state index is 5.85. The van der Waals surface area contributed by atoms with E-state index in [0.29, 0.717) is 11.7 Å². The lowest BCUT2D eigenvalue weighted by atomic mass is 10.00. The molecule has 2 atom stereocenters. The van der Waals surface area contributed by atoms with E-state index in [9.17, 15) is 0 Å². The number of hydrogen-bond donors (Lipinski definition) is 1. The molecule has 5 nitrogen and oxygen atoms in total. The number of pyridine rings is 1. The first-order chi connectivity index (χ1) is 15.1. The number of hydrogen-bond acceptors (Lipinski definition) is 3. The van der Waals surface area contributed by atoms with Crippen molar-refractivity contribution in [3.63, 3.8) is 0 Å². The topological polar surface area (TPSA) is 46.2 Å². The van der Waals surface area contributed by atoms with E-state index in [-0.39, 0.29) is 12.1 Å². The van der Waals surface area contributed by atoms with Crippen molar-refractivity contribution in [1.29, 1.82) is 0 Å². The molecular weight excluding hydrogens is 404 g/mol. The highest BCUT2D eigenvalue weighted by Gasteiger charge is 2.42. The van der Waals surface area contributed by atoms with Gasteiger partial charge in [-0.05, 0) is 85.7 Å². The zero-order chi connectivity index (χ0) is 21.4. The lowest BCUT2D eigenvalue weighted by Crippen LogP contribution is -2.30. The van der Waals surface area contributed by atoms with Gasteiger partial charge in [-0.2, -0.15) is 0 Å². The van der Waals surface area contributed by atoms with Crippen molar-refractivity contribution in [3.05, 3.63) is 108 Å². The molecule has 1 aliphatic rings. The Morgan fingerprint density at radius 2 is 1.94 bits per heavy atom. The van der Waals surface area contributed by atoms with Crippen LogP contribution in [0.2, 0.25) is 0 Å². The van der Waals surface area contributed by atoms with Crippen LogP contribution < -0.4 is 10.2 Å². The predicted octanol–water partition coefficient (Wildman–Crippen LogP) is 5.32. The van der Waals surface area contributed by atoms with Crippen LogP contribution >= 0.6 is 12.2 Å². The molecule has 0 bridgehead atoms. The van der Waals surface area contributed by atoms with E-state index < -0.39 is 0 Å².